The summed E-state index contributed by atoms with van der Waals surface area (Å²) in [6.07, 6.45) is 4.59. The Bertz CT molecular complexity index is 1340. The zero-order chi connectivity index (χ0) is 24.7. The monoisotopic (exact) mass is 485 g/mol. The number of halogens is 1. The number of piperazine rings is 1. The predicted molar refractivity (Wildman–Crippen MR) is 146 cm³/mol. The lowest BCUT2D eigenvalue weighted by Gasteiger charge is -2.38. The summed E-state index contributed by atoms with van der Waals surface area (Å²) in [5.74, 6) is 0.354. The lowest BCUT2D eigenvalue weighted by Crippen LogP contribution is -2.44. The van der Waals surface area contributed by atoms with Crippen molar-refractivity contribution in [2.24, 2.45) is 5.73 Å². The lowest BCUT2D eigenvalue weighted by atomic mass is 9.82. The molecule has 1 aliphatic heterocycles. The van der Waals surface area contributed by atoms with E-state index >= 15 is 0 Å². The van der Waals surface area contributed by atoms with Crippen molar-refractivity contribution in [3.8, 4) is 0 Å². The van der Waals surface area contributed by atoms with Gasteiger partial charge in [0.2, 0.25) is 0 Å². The molecule has 0 amide bonds. The van der Waals surface area contributed by atoms with Gasteiger partial charge in [-0.3, -0.25) is 9.97 Å². The van der Waals surface area contributed by atoms with Gasteiger partial charge in [0.1, 0.15) is 0 Å². The van der Waals surface area contributed by atoms with Crippen LogP contribution in [0.4, 0.5) is 0 Å². The fourth-order valence-corrected chi connectivity index (χ4v) is 5.63. The van der Waals surface area contributed by atoms with Gasteiger partial charge in [-0.2, -0.15) is 0 Å². The van der Waals surface area contributed by atoms with Crippen LogP contribution in [-0.4, -0.2) is 45.9 Å². The van der Waals surface area contributed by atoms with Crippen molar-refractivity contribution >= 4 is 33.9 Å². The number of allylic oxidation sites excluding steroid dienone is 1. The van der Waals surface area contributed by atoms with Crippen LogP contribution in [0.25, 0.3) is 22.3 Å². The second-order valence-corrected chi connectivity index (χ2v) is 10.1. The van der Waals surface area contributed by atoms with Crippen molar-refractivity contribution in [3.63, 3.8) is 0 Å². The Morgan fingerprint density at radius 3 is 2.51 bits per heavy atom. The fraction of sp³-hybridized carbons (Fsp3) is 0.310. The van der Waals surface area contributed by atoms with Gasteiger partial charge >= 0.3 is 0 Å². The second kappa shape index (κ2) is 9.38. The SMILES string of the molecule is C=C(N)c1cc(C2CCc3c(nc4cc(C(=C)N5CCN(C(=C)C)CC5)ccc4c3Cl)C2)ccn1. The molecular weight excluding hydrogens is 454 g/mol. The summed E-state index contributed by atoms with van der Waals surface area (Å²) in [5, 5.41) is 1.85. The van der Waals surface area contributed by atoms with Crippen LogP contribution in [0.3, 0.4) is 0 Å². The third-order valence-corrected chi connectivity index (χ3v) is 7.84. The molecule has 2 N–H and O–H groups in total. The molecule has 2 aromatic heterocycles. The molecule has 0 saturated carbocycles. The van der Waals surface area contributed by atoms with E-state index in [9.17, 15) is 0 Å². The summed E-state index contributed by atoms with van der Waals surface area (Å²) in [6, 6.07) is 10.5. The number of hydrogen-bond acceptors (Lipinski definition) is 5. The van der Waals surface area contributed by atoms with E-state index in [0.29, 0.717) is 11.6 Å². The first-order valence-corrected chi connectivity index (χ1v) is 12.6. The lowest BCUT2D eigenvalue weighted by molar-refractivity contribution is 0.215. The number of hydrogen-bond donors (Lipinski definition) is 1. The molecule has 5 nitrogen and oxygen atoms in total. The van der Waals surface area contributed by atoms with Crippen LogP contribution in [0.5, 0.6) is 0 Å². The minimum Gasteiger partial charge on any atom is -0.397 e. The zero-order valence-electron chi connectivity index (χ0n) is 20.4. The van der Waals surface area contributed by atoms with Crippen LogP contribution in [0.15, 0.2) is 62.0 Å². The molecule has 5 rings (SSSR count). The molecule has 1 aromatic carbocycles. The van der Waals surface area contributed by atoms with Crippen LogP contribution < -0.4 is 5.73 Å². The maximum atomic E-state index is 6.92. The van der Waals surface area contributed by atoms with Crippen LogP contribution in [-0.2, 0) is 12.8 Å². The molecule has 3 heterocycles. The molecular formula is C29H32ClN5. The third kappa shape index (κ3) is 4.53. The van der Waals surface area contributed by atoms with Crippen LogP contribution >= 0.6 is 11.6 Å². The number of nitrogens with zero attached hydrogens (tertiary/aromatic N) is 4. The van der Waals surface area contributed by atoms with Gasteiger partial charge in [-0.15, -0.1) is 0 Å². The molecule has 6 heteroatoms. The van der Waals surface area contributed by atoms with E-state index in [0.717, 1.165) is 89.7 Å². The first-order chi connectivity index (χ1) is 16.8. The molecule has 0 radical (unpaired) electrons. The molecule has 1 aliphatic carbocycles. The number of nitrogens with two attached hydrogens (primary N) is 1. The molecule has 0 spiro atoms. The number of benzene rings is 1. The minimum atomic E-state index is 0.354. The van der Waals surface area contributed by atoms with Gasteiger partial charge in [-0.25, -0.2) is 0 Å². The highest BCUT2D eigenvalue weighted by Gasteiger charge is 2.25. The van der Waals surface area contributed by atoms with Crippen LogP contribution in [0.2, 0.25) is 5.02 Å². The quantitative estimate of drug-likeness (QED) is 0.509. The Kier molecular flexibility index (Phi) is 6.28. The molecule has 1 fully saturated rings. The van der Waals surface area contributed by atoms with Crippen molar-refractivity contribution < 1.29 is 0 Å². The van der Waals surface area contributed by atoms with Crippen molar-refractivity contribution in [3.05, 3.63) is 95.1 Å². The van der Waals surface area contributed by atoms with Crippen molar-refractivity contribution in [2.75, 3.05) is 26.2 Å². The zero-order valence-corrected chi connectivity index (χ0v) is 21.1. The average molecular weight is 486 g/mol. The van der Waals surface area contributed by atoms with Crippen LogP contribution in [0, 0.1) is 0 Å². The van der Waals surface area contributed by atoms with Crippen molar-refractivity contribution in [1.29, 1.82) is 0 Å². The van der Waals surface area contributed by atoms with E-state index in [1.807, 2.05) is 6.20 Å². The largest absolute Gasteiger partial charge is 0.397 e. The molecule has 1 unspecified atom stereocenters. The Morgan fingerprint density at radius 2 is 1.80 bits per heavy atom. The molecule has 180 valence electrons. The van der Waals surface area contributed by atoms with E-state index in [1.54, 1.807) is 0 Å². The average Bonchev–Trinajstić information content (AvgIpc) is 2.88. The van der Waals surface area contributed by atoms with Gasteiger partial charge < -0.3 is 15.5 Å². The molecule has 3 aromatic rings. The van der Waals surface area contributed by atoms with E-state index < -0.39 is 0 Å². The third-order valence-electron chi connectivity index (χ3n) is 7.40. The fourth-order valence-electron chi connectivity index (χ4n) is 5.27. The summed E-state index contributed by atoms with van der Waals surface area (Å²) >= 11 is 6.92. The van der Waals surface area contributed by atoms with Gasteiger partial charge in [-0.1, -0.05) is 43.5 Å². The van der Waals surface area contributed by atoms with Crippen molar-refractivity contribution in [1.82, 2.24) is 19.8 Å². The Balaban J connectivity index is 1.41. The Morgan fingerprint density at radius 1 is 1.06 bits per heavy atom. The summed E-state index contributed by atoms with van der Waals surface area (Å²) in [5.41, 5.74) is 14.8. The van der Waals surface area contributed by atoms with Crippen LogP contribution in [0.1, 0.15) is 47.3 Å². The number of rotatable bonds is 5. The highest BCUT2D eigenvalue weighted by Crippen LogP contribution is 2.39. The van der Waals surface area contributed by atoms with E-state index in [1.165, 1.54) is 11.1 Å². The maximum Gasteiger partial charge on any atom is 0.0855 e. The van der Waals surface area contributed by atoms with Gasteiger partial charge in [0.25, 0.3) is 0 Å². The van der Waals surface area contributed by atoms with Gasteiger partial charge in [0, 0.05) is 54.9 Å². The summed E-state index contributed by atoms with van der Waals surface area (Å²) in [7, 11) is 0. The van der Waals surface area contributed by atoms with E-state index in [4.69, 9.17) is 22.3 Å². The van der Waals surface area contributed by atoms with E-state index in [-0.39, 0.29) is 0 Å². The number of aromatic nitrogens is 2. The molecule has 2 aliphatic rings. The Labute approximate surface area is 212 Å². The maximum absolute atomic E-state index is 6.92. The number of fused-ring (bicyclic) bond motifs is 2. The highest BCUT2D eigenvalue weighted by molar-refractivity contribution is 6.36. The summed E-state index contributed by atoms with van der Waals surface area (Å²) in [4.78, 5) is 14.1. The molecule has 1 saturated heterocycles. The van der Waals surface area contributed by atoms with Gasteiger partial charge in [0.05, 0.1) is 21.9 Å². The number of pyridine rings is 2. The summed E-state index contributed by atoms with van der Waals surface area (Å²) in [6.45, 7) is 18.2. The van der Waals surface area contributed by atoms with Crippen molar-refractivity contribution in [2.45, 2.75) is 32.1 Å². The normalized spacial score (nSPS) is 17.8. The predicted octanol–water partition coefficient (Wildman–Crippen LogP) is 5.61. The highest BCUT2D eigenvalue weighted by atomic mass is 35.5. The standard InChI is InChI=1S/C29H32ClN5/c1-18(2)34-11-13-35(14-12-34)20(4)21-5-7-24-27(15-21)33-28-17-22(6-8-25(28)29(24)30)23-9-10-32-26(16-23)19(3)31/h5,7,9-10,15-16,22H,1,3-4,6,8,11-14,17,31H2,2H3. The first kappa shape index (κ1) is 23.4. The van der Waals surface area contributed by atoms with Gasteiger partial charge in [-0.05, 0) is 67.0 Å². The Hall–Kier alpha value is -3.31. The minimum absolute atomic E-state index is 0.354. The first-order valence-electron chi connectivity index (χ1n) is 12.2. The molecule has 1 atom stereocenters. The summed E-state index contributed by atoms with van der Waals surface area (Å²) < 4.78 is 0. The smallest absolute Gasteiger partial charge is 0.0855 e. The van der Waals surface area contributed by atoms with Gasteiger partial charge in [0.15, 0.2) is 0 Å². The second-order valence-electron chi connectivity index (χ2n) is 9.68. The molecule has 35 heavy (non-hydrogen) atoms. The molecule has 0 bridgehead atoms. The topological polar surface area (TPSA) is 58.3 Å². The van der Waals surface area contributed by atoms with E-state index in [2.05, 4.69) is 71.8 Å².